The molecule has 0 aliphatic rings. The molecule has 23 heavy (non-hydrogen) atoms. The number of hydrogen-bond donors (Lipinski definition) is 0. The second-order valence-electron chi connectivity index (χ2n) is 5.03. The van der Waals surface area contributed by atoms with Gasteiger partial charge < -0.3 is 4.90 Å². The quantitative estimate of drug-likeness (QED) is 0.546. The molecule has 3 heterocycles. The highest BCUT2D eigenvalue weighted by molar-refractivity contribution is 7.20. The maximum atomic E-state index is 5.92. The van der Waals surface area contributed by atoms with E-state index in [-0.39, 0.29) is 0 Å². The Balaban J connectivity index is 1.60. The summed E-state index contributed by atoms with van der Waals surface area (Å²) in [5, 5.41) is 9.30. The van der Waals surface area contributed by atoms with Gasteiger partial charge in [-0.05, 0) is 12.1 Å². The number of rotatable bonds is 4. The second kappa shape index (κ2) is 5.92. The SMILES string of the molecule is CN(Cc1nccs1)c1nn2cc(-c3ccc(Cl)cc3)nc2s1. The summed E-state index contributed by atoms with van der Waals surface area (Å²) >= 11 is 9.13. The highest BCUT2D eigenvalue weighted by atomic mass is 35.5. The van der Waals surface area contributed by atoms with Gasteiger partial charge in [0.05, 0.1) is 18.4 Å². The van der Waals surface area contributed by atoms with Gasteiger partial charge in [-0.2, -0.15) is 0 Å². The molecule has 116 valence electrons. The Morgan fingerprint density at radius 1 is 1.26 bits per heavy atom. The number of thiazole rings is 1. The van der Waals surface area contributed by atoms with Gasteiger partial charge >= 0.3 is 0 Å². The molecule has 0 atom stereocenters. The summed E-state index contributed by atoms with van der Waals surface area (Å²) in [7, 11) is 2.01. The smallest absolute Gasteiger partial charge is 0.214 e. The van der Waals surface area contributed by atoms with Crippen molar-refractivity contribution in [3.63, 3.8) is 0 Å². The molecule has 0 bridgehead atoms. The van der Waals surface area contributed by atoms with Crippen molar-refractivity contribution < 1.29 is 0 Å². The molecule has 0 fully saturated rings. The van der Waals surface area contributed by atoms with E-state index in [1.165, 1.54) is 0 Å². The van der Waals surface area contributed by atoms with E-state index in [9.17, 15) is 0 Å². The largest absolute Gasteiger partial charge is 0.343 e. The average molecular weight is 362 g/mol. The van der Waals surface area contributed by atoms with Gasteiger partial charge in [-0.3, -0.25) is 0 Å². The van der Waals surface area contributed by atoms with Crippen molar-refractivity contribution in [2.75, 3.05) is 11.9 Å². The summed E-state index contributed by atoms with van der Waals surface area (Å²) in [5.74, 6) is 0. The molecule has 4 rings (SSSR count). The lowest BCUT2D eigenvalue weighted by Crippen LogP contribution is -2.16. The molecule has 1 aromatic carbocycles. The van der Waals surface area contributed by atoms with Crippen LogP contribution in [0.4, 0.5) is 5.13 Å². The van der Waals surface area contributed by atoms with Crippen LogP contribution in [0.5, 0.6) is 0 Å². The Hall–Kier alpha value is -1.96. The molecular formula is C15H12ClN5S2. The van der Waals surface area contributed by atoms with Gasteiger partial charge in [-0.1, -0.05) is 35.1 Å². The zero-order chi connectivity index (χ0) is 15.8. The summed E-state index contributed by atoms with van der Waals surface area (Å²) in [6.07, 6.45) is 3.76. The molecule has 0 radical (unpaired) electrons. The molecule has 0 N–H and O–H groups in total. The van der Waals surface area contributed by atoms with E-state index in [0.29, 0.717) is 0 Å². The number of anilines is 1. The van der Waals surface area contributed by atoms with E-state index in [2.05, 4.69) is 20.0 Å². The molecule has 0 aliphatic heterocycles. The summed E-state index contributed by atoms with van der Waals surface area (Å²) in [5.41, 5.74) is 1.93. The third kappa shape index (κ3) is 2.95. The van der Waals surface area contributed by atoms with Crippen LogP contribution in [0, 0.1) is 0 Å². The van der Waals surface area contributed by atoms with Crippen LogP contribution in [0.25, 0.3) is 16.2 Å². The highest BCUT2D eigenvalue weighted by Gasteiger charge is 2.13. The van der Waals surface area contributed by atoms with Crippen molar-refractivity contribution in [3.05, 3.63) is 52.1 Å². The van der Waals surface area contributed by atoms with E-state index >= 15 is 0 Å². The van der Waals surface area contributed by atoms with Crippen LogP contribution in [0.1, 0.15) is 5.01 Å². The van der Waals surface area contributed by atoms with Crippen LogP contribution >= 0.6 is 34.3 Å². The fraction of sp³-hybridized carbons (Fsp3) is 0.133. The predicted molar refractivity (Wildman–Crippen MR) is 95.5 cm³/mol. The van der Waals surface area contributed by atoms with Crippen LogP contribution in [-0.4, -0.2) is 26.6 Å². The molecule has 8 heteroatoms. The minimum atomic E-state index is 0.721. The Kier molecular flexibility index (Phi) is 3.76. The maximum Gasteiger partial charge on any atom is 0.214 e. The fourth-order valence-electron chi connectivity index (χ4n) is 2.21. The maximum absolute atomic E-state index is 5.92. The van der Waals surface area contributed by atoms with Crippen LogP contribution in [-0.2, 0) is 6.54 Å². The molecule has 0 saturated carbocycles. The zero-order valence-corrected chi connectivity index (χ0v) is 14.6. The molecule has 4 aromatic rings. The third-order valence-electron chi connectivity index (χ3n) is 3.35. The number of halogens is 1. The van der Waals surface area contributed by atoms with E-state index in [4.69, 9.17) is 11.6 Å². The zero-order valence-electron chi connectivity index (χ0n) is 12.2. The van der Waals surface area contributed by atoms with Crippen molar-refractivity contribution >= 4 is 44.4 Å². The first-order valence-corrected chi connectivity index (χ1v) is 8.98. The van der Waals surface area contributed by atoms with Gasteiger partial charge in [0.1, 0.15) is 5.01 Å². The summed E-state index contributed by atoms with van der Waals surface area (Å²) in [6.45, 7) is 0.748. The Labute approximate surface area is 145 Å². The standard InChI is InChI=1S/C15H12ClN5S2/c1-20(9-13-17-6-7-22-13)15-19-21-8-12(18-14(21)23-15)10-2-4-11(16)5-3-10/h2-8H,9H2,1H3. The lowest BCUT2D eigenvalue weighted by Gasteiger charge is -2.12. The highest BCUT2D eigenvalue weighted by Crippen LogP contribution is 2.27. The summed E-state index contributed by atoms with van der Waals surface area (Å²) < 4.78 is 1.82. The molecule has 0 aliphatic carbocycles. The first-order valence-electron chi connectivity index (χ1n) is 6.91. The lowest BCUT2D eigenvalue weighted by molar-refractivity contribution is 0.864. The van der Waals surface area contributed by atoms with Crippen LogP contribution in [0.2, 0.25) is 5.02 Å². The Morgan fingerprint density at radius 3 is 2.78 bits per heavy atom. The van der Waals surface area contributed by atoms with Gasteiger partial charge in [0.15, 0.2) is 0 Å². The van der Waals surface area contributed by atoms with Gasteiger partial charge in [-0.15, -0.1) is 16.4 Å². The molecule has 0 saturated heterocycles. The van der Waals surface area contributed by atoms with E-state index < -0.39 is 0 Å². The molecular weight excluding hydrogens is 350 g/mol. The Bertz CT molecular complexity index is 895. The van der Waals surface area contributed by atoms with Gasteiger partial charge in [0.2, 0.25) is 10.1 Å². The van der Waals surface area contributed by atoms with Crippen molar-refractivity contribution in [2.45, 2.75) is 6.54 Å². The number of benzene rings is 1. The van der Waals surface area contributed by atoms with Crippen LogP contribution < -0.4 is 4.90 Å². The predicted octanol–water partition coefficient (Wildman–Crippen LogP) is 4.20. The average Bonchev–Trinajstić information content (AvgIpc) is 3.23. The first kappa shape index (κ1) is 14.6. The number of aromatic nitrogens is 4. The number of fused-ring (bicyclic) bond motifs is 1. The molecule has 0 amide bonds. The van der Waals surface area contributed by atoms with Crippen LogP contribution in [0.3, 0.4) is 0 Å². The minimum Gasteiger partial charge on any atom is -0.343 e. The van der Waals surface area contributed by atoms with Crippen molar-refractivity contribution in [3.8, 4) is 11.3 Å². The van der Waals surface area contributed by atoms with Crippen molar-refractivity contribution in [1.82, 2.24) is 19.6 Å². The van der Waals surface area contributed by atoms with Crippen LogP contribution in [0.15, 0.2) is 42.0 Å². The monoisotopic (exact) mass is 361 g/mol. The van der Waals surface area contributed by atoms with E-state index in [0.717, 1.165) is 37.9 Å². The van der Waals surface area contributed by atoms with Gasteiger partial charge in [-0.25, -0.2) is 14.5 Å². The number of hydrogen-bond acceptors (Lipinski definition) is 6. The molecule has 5 nitrogen and oxygen atoms in total. The minimum absolute atomic E-state index is 0.721. The van der Waals surface area contributed by atoms with Crippen molar-refractivity contribution in [1.29, 1.82) is 0 Å². The number of imidazole rings is 1. The fourth-order valence-corrected chi connectivity index (χ4v) is 3.84. The Morgan fingerprint density at radius 2 is 2.09 bits per heavy atom. The second-order valence-corrected chi connectivity index (χ2v) is 7.38. The first-order chi connectivity index (χ1) is 11.2. The third-order valence-corrected chi connectivity index (χ3v) is 5.41. The topological polar surface area (TPSA) is 46.3 Å². The molecule has 3 aromatic heterocycles. The summed E-state index contributed by atoms with van der Waals surface area (Å²) in [4.78, 5) is 11.9. The van der Waals surface area contributed by atoms with E-state index in [1.807, 2.05) is 53.6 Å². The normalized spacial score (nSPS) is 11.2. The number of nitrogens with zero attached hydrogens (tertiary/aromatic N) is 5. The van der Waals surface area contributed by atoms with Crippen molar-refractivity contribution in [2.24, 2.45) is 0 Å². The van der Waals surface area contributed by atoms with Gasteiger partial charge in [0.25, 0.3) is 0 Å². The lowest BCUT2D eigenvalue weighted by atomic mass is 10.2. The van der Waals surface area contributed by atoms with E-state index in [1.54, 1.807) is 22.7 Å². The molecule has 0 spiro atoms. The molecule has 0 unspecified atom stereocenters. The summed E-state index contributed by atoms with van der Waals surface area (Å²) in [6, 6.07) is 7.66. The van der Waals surface area contributed by atoms with Gasteiger partial charge in [0, 0.05) is 29.2 Å².